The average Bonchev–Trinajstić information content (AvgIpc) is 3.28. The molecular weight excluding hydrogens is 791 g/mol. The number of amides is 1. The lowest BCUT2D eigenvalue weighted by molar-refractivity contribution is -0.302. The van der Waals surface area contributed by atoms with Gasteiger partial charge in [0.1, 0.15) is 24.4 Å². The maximum atomic E-state index is 13.0. The molecule has 0 bridgehead atoms. The van der Waals surface area contributed by atoms with Gasteiger partial charge in [0.25, 0.3) is 0 Å². The Morgan fingerprint density at radius 2 is 0.794 bits per heavy atom. The molecular formula is C54H107NO8. The molecule has 7 atom stereocenters. The normalized spacial score (nSPS) is 20.0. The predicted molar refractivity (Wildman–Crippen MR) is 263 cm³/mol. The molecule has 376 valence electrons. The molecule has 9 nitrogen and oxygen atoms in total. The lowest BCUT2D eigenvalue weighted by Crippen LogP contribution is -2.60. The fourth-order valence-electron chi connectivity index (χ4n) is 9.28. The molecule has 1 fully saturated rings. The van der Waals surface area contributed by atoms with E-state index in [0.717, 1.165) is 38.5 Å². The molecule has 0 spiro atoms. The second kappa shape index (κ2) is 45.0. The van der Waals surface area contributed by atoms with Crippen LogP contribution < -0.4 is 5.32 Å². The second-order valence-electron chi connectivity index (χ2n) is 19.7. The smallest absolute Gasteiger partial charge is 0.220 e. The van der Waals surface area contributed by atoms with Gasteiger partial charge in [-0.15, -0.1) is 0 Å². The average molecular weight is 898 g/mol. The Bertz CT molecular complexity index is 955. The van der Waals surface area contributed by atoms with E-state index in [1.165, 1.54) is 218 Å². The molecule has 63 heavy (non-hydrogen) atoms. The van der Waals surface area contributed by atoms with Crippen molar-refractivity contribution >= 4 is 5.91 Å². The highest BCUT2D eigenvalue weighted by Crippen LogP contribution is 2.23. The standard InChI is InChI=1S/C54H107NO8/c1-3-5-7-9-11-13-15-16-17-18-19-20-21-22-23-24-25-26-27-28-29-30-31-32-33-34-36-38-40-42-44-50(58)55-47(46-62-54-53(61)52(60)51(59)49(45-56)63-54)48(57)43-41-39-37-35-14-12-10-8-6-4-2/h47-49,51-54,56-57,59-61H,3-46H2,1-2H3,(H,55,58)/t47-,48+,49+,51+,52?,53?,54+/m0/s1. The molecule has 9 heteroatoms. The van der Waals surface area contributed by atoms with E-state index in [1.807, 2.05) is 0 Å². The number of rotatable bonds is 48. The van der Waals surface area contributed by atoms with E-state index in [1.54, 1.807) is 0 Å². The van der Waals surface area contributed by atoms with E-state index in [2.05, 4.69) is 19.2 Å². The molecule has 0 saturated carbocycles. The SMILES string of the molecule is CCCCCCCCCCCCCCCCCCCCCCCCCCCCCCCCC(=O)N[C@@H](CO[C@@H]1O[C@H](CO)[C@@H](O)C(O)C1O)[C@H](O)CCCCCCCCCCCC. The van der Waals surface area contributed by atoms with Crippen molar-refractivity contribution in [3.8, 4) is 0 Å². The van der Waals surface area contributed by atoms with Crippen LogP contribution in [0, 0.1) is 0 Å². The molecule has 1 saturated heterocycles. The third kappa shape index (κ3) is 35.1. The van der Waals surface area contributed by atoms with Gasteiger partial charge in [-0.3, -0.25) is 4.79 Å². The molecule has 1 amide bonds. The minimum Gasteiger partial charge on any atom is -0.394 e. The maximum absolute atomic E-state index is 13.0. The number of hydrogen-bond donors (Lipinski definition) is 6. The highest BCUT2D eigenvalue weighted by molar-refractivity contribution is 5.76. The van der Waals surface area contributed by atoms with Crippen molar-refractivity contribution in [3.05, 3.63) is 0 Å². The quantitative estimate of drug-likeness (QED) is 0.0331. The van der Waals surface area contributed by atoms with Crippen LogP contribution in [-0.2, 0) is 14.3 Å². The van der Waals surface area contributed by atoms with Gasteiger partial charge >= 0.3 is 0 Å². The number of hydrogen-bond acceptors (Lipinski definition) is 8. The Hall–Kier alpha value is -0.810. The summed E-state index contributed by atoms with van der Waals surface area (Å²) in [5, 5.41) is 54.4. The van der Waals surface area contributed by atoms with Crippen LogP contribution in [-0.4, -0.2) is 87.5 Å². The summed E-state index contributed by atoms with van der Waals surface area (Å²) in [5.41, 5.74) is 0. The fraction of sp³-hybridized carbons (Fsp3) is 0.981. The van der Waals surface area contributed by atoms with E-state index >= 15 is 0 Å². The zero-order valence-corrected chi connectivity index (χ0v) is 41.6. The summed E-state index contributed by atoms with van der Waals surface area (Å²) in [5.74, 6) is -0.139. The Morgan fingerprint density at radius 1 is 0.476 bits per heavy atom. The van der Waals surface area contributed by atoms with Gasteiger partial charge in [-0.05, 0) is 12.8 Å². The van der Waals surface area contributed by atoms with Crippen molar-refractivity contribution in [2.24, 2.45) is 0 Å². The van der Waals surface area contributed by atoms with Crippen molar-refractivity contribution in [3.63, 3.8) is 0 Å². The molecule has 2 unspecified atom stereocenters. The first-order valence-electron chi connectivity index (χ1n) is 27.7. The van der Waals surface area contributed by atoms with Crippen LogP contribution in [0.5, 0.6) is 0 Å². The summed E-state index contributed by atoms with van der Waals surface area (Å²) in [6, 6.07) is -0.711. The first-order valence-corrected chi connectivity index (χ1v) is 27.7. The van der Waals surface area contributed by atoms with Gasteiger partial charge < -0.3 is 40.3 Å². The minimum atomic E-state index is -1.55. The van der Waals surface area contributed by atoms with Crippen molar-refractivity contribution in [2.75, 3.05) is 13.2 Å². The van der Waals surface area contributed by atoms with Gasteiger partial charge in [0, 0.05) is 6.42 Å². The maximum Gasteiger partial charge on any atom is 0.220 e. The molecule has 6 N–H and O–H groups in total. The number of carbonyl (C=O) groups is 1. The molecule has 1 heterocycles. The van der Waals surface area contributed by atoms with Crippen LogP contribution in [0.25, 0.3) is 0 Å². The highest BCUT2D eigenvalue weighted by atomic mass is 16.7. The van der Waals surface area contributed by atoms with Gasteiger partial charge in [0.15, 0.2) is 6.29 Å². The zero-order chi connectivity index (χ0) is 45.9. The third-order valence-electron chi connectivity index (χ3n) is 13.7. The number of aliphatic hydroxyl groups excluding tert-OH is 5. The van der Waals surface area contributed by atoms with Gasteiger partial charge in [-0.2, -0.15) is 0 Å². The number of nitrogens with one attached hydrogen (secondary N) is 1. The number of carbonyl (C=O) groups excluding carboxylic acids is 1. The summed E-state index contributed by atoms with van der Waals surface area (Å²) < 4.78 is 11.3. The van der Waals surface area contributed by atoms with Crippen molar-refractivity contribution in [1.82, 2.24) is 5.32 Å². The van der Waals surface area contributed by atoms with Crippen LogP contribution in [0.15, 0.2) is 0 Å². The number of ether oxygens (including phenoxy) is 2. The van der Waals surface area contributed by atoms with Gasteiger partial charge in [-0.1, -0.05) is 264 Å². The molecule has 1 aliphatic rings. The summed E-state index contributed by atoms with van der Waals surface area (Å²) in [4.78, 5) is 13.0. The Labute approximate surface area is 389 Å². The van der Waals surface area contributed by atoms with Crippen LogP contribution in [0.1, 0.15) is 284 Å². The summed E-state index contributed by atoms with van der Waals surface area (Å²) in [7, 11) is 0. The van der Waals surface area contributed by atoms with Crippen molar-refractivity contribution < 1.29 is 39.8 Å². The molecule has 0 aromatic carbocycles. The van der Waals surface area contributed by atoms with E-state index in [0.29, 0.717) is 12.8 Å². The van der Waals surface area contributed by atoms with Gasteiger partial charge in [0.2, 0.25) is 5.91 Å². The van der Waals surface area contributed by atoms with Crippen LogP contribution >= 0.6 is 0 Å². The Morgan fingerprint density at radius 3 is 1.13 bits per heavy atom. The van der Waals surface area contributed by atoms with Crippen molar-refractivity contribution in [1.29, 1.82) is 0 Å². The second-order valence-corrected chi connectivity index (χ2v) is 19.7. The first kappa shape index (κ1) is 60.2. The molecule has 0 aromatic heterocycles. The summed E-state index contributed by atoms with van der Waals surface area (Å²) in [6.45, 7) is 3.85. The third-order valence-corrected chi connectivity index (χ3v) is 13.7. The first-order chi connectivity index (χ1) is 30.8. The van der Waals surface area contributed by atoms with Crippen LogP contribution in [0.4, 0.5) is 0 Å². The molecule has 0 aliphatic carbocycles. The van der Waals surface area contributed by atoms with Crippen LogP contribution in [0.2, 0.25) is 0 Å². The Kier molecular flexibility index (Phi) is 43.0. The topological polar surface area (TPSA) is 149 Å². The monoisotopic (exact) mass is 898 g/mol. The molecule has 0 radical (unpaired) electrons. The fourth-order valence-corrected chi connectivity index (χ4v) is 9.28. The highest BCUT2D eigenvalue weighted by Gasteiger charge is 2.44. The molecule has 1 rings (SSSR count). The molecule has 1 aliphatic heterocycles. The van der Waals surface area contributed by atoms with Crippen LogP contribution in [0.3, 0.4) is 0 Å². The number of aliphatic hydroxyl groups is 5. The predicted octanol–water partition coefficient (Wildman–Crippen LogP) is 13.1. The van der Waals surface area contributed by atoms with Crippen molar-refractivity contribution in [2.45, 2.75) is 326 Å². The molecule has 0 aromatic rings. The van der Waals surface area contributed by atoms with E-state index in [9.17, 15) is 30.3 Å². The van der Waals surface area contributed by atoms with E-state index < -0.39 is 49.5 Å². The zero-order valence-electron chi connectivity index (χ0n) is 41.6. The number of unbranched alkanes of at least 4 members (excludes halogenated alkanes) is 38. The van der Waals surface area contributed by atoms with Gasteiger partial charge in [0.05, 0.1) is 25.4 Å². The lowest BCUT2D eigenvalue weighted by atomic mass is 9.99. The van der Waals surface area contributed by atoms with E-state index in [4.69, 9.17) is 9.47 Å². The largest absolute Gasteiger partial charge is 0.394 e. The summed E-state index contributed by atoms with van der Waals surface area (Å²) in [6.07, 6.45) is 45.9. The lowest BCUT2D eigenvalue weighted by Gasteiger charge is -2.40. The Balaban J connectivity index is 2.07. The summed E-state index contributed by atoms with van der Waals surface area (Å²) >= 11 is 0. The minimum absolute atomic E-state index is 0.132. The van der Waals surface area contributed by atoms with E-state index in [-0.39, 0.29) is 12.5 Å². The van der Waals surface area contributed by atoms with Gasteiger partial charge in [-0.25, -0.2) is 0 Å².